The van der Waals surface area contributed by atoms with E-state index in [0.29, 0.717) is 12.8 Å². The molecule has 0 rings (SSSR count). The number of carboxylic acid groups (broad SMARTS) is 1. The van der Waals surface area contributed by atoms with Crippen molar-refractivity contribution >= 4 is 11.9 Å². The van der Waals surface area contributed by atoms with Gasteiger partial charge in [-0.05, 0) is 12.8 Å². The summed E-state index contributed by atoms with van der Waals surface area (Å²) < 4.78 is 4.58. The van der Waals surface area contributed by atoms with Crippen molar-refractivity contribution in [3.05, 3.63) is 0 Å². The van der Waals surface area contributed by atoms with E-state index in [1.807, 2.05) is 0 Å². The number of unbranched alkanes of at least 4 members (excludes halogenated alkanes) is 16. The number of hydrogen-bond donors (Lipinski definition) is 4. The molecule has 0 unspecified atom stereocenters. The van der Waals surface area contributed by atoms with Crippen LogP contribution in [-0.4, -0.2) is 58.8 Å². The van der Waals surface area contributed by atoms with Crippen molar-refractivity contribution in [2.45, 2.75) is 148 Å². The molecule has 0 heterocycles. The standard InChI is InChI=1S/C13H26O2.C12H24O2.C3H8O3/c1-3-4-5-6-7-8-9-10-11-12-13(14)15-2;1-2-3-4-5-6-7-8-9-10-11-12(13)14;4-1-3(6)2-5/h3-12H2,1-2H3;2-11H2,1H3,(H,13,14);3-6H,1-2H2. The van der Waals surface area contributed by atoms with Crippen molar-refractivity contribution in [1.29, 1.82) is 0 Å². The smallest absolute Gasteiger partial charge is 0.305 e. The second kappa shape index (κ2) is 35.0. The number of carboxylic acids is 1. The molecule has 0 saturated carbocycles. The van der Waals surface area contributed by atoms with Crippen LogP contribution in [0.2, 0.25) is 0 Å². The summed E-state index contributed by atoms with van der Waals surface area (Å²) >= 11 is 0. The normalized spacial score (nSPS) is 10.3. The molecule has 4 N–H and O–H groups in total. The molecule has 7 nitrogen and oxygen atoms in total. The molecule has 0 aromatic rings. The molecule has 0 atom stereocenters. The maximum absolute atomic E-state index is 10.8. The molecule has 0 spiro atoms. The van der Waals surface area contributed by atoms with Crippen LogP contribution in [0.15, 0.2) is 0 Å². The first-order valence-electron chi connectivity index (χ1n) is 14.1. The van der Waals surface area contributed by atoms with Crippen LogP contribution in [-0.2, 0) is 14.3 Å². The molecule has 7 heteroatoms. The number of aliphatic hydroxyl groups is 3. The van der Waals surface area contributed by atoms with Crippen LogP contribution in [0.3, 0.4) is 0 Å². The zero-order valence-corrected chi connectivity index (χ0v) is 23.1. The van der Waals surface area contributed by atoms with Crippen LogP contribution in [0.25, 0.3) is 0 Å². The predicted octanol–water partition coefficient (Wildman–Crippen LogP) is 6.40. The van der Waals surface area contributed by atoms with Crippen LogP contribution in [0.5, 0.6) is 0 Å². The molecular weight excluding hydrogens is 448 g/mol. The highest BCUT2D eigenvalue weighted by Gasteiger charge is 1.99. The second-order valence-corrected chi connectivity index (χ2v) is 9.15. The van der Waals surface area contributed by atoms with E-state index < -0.39 is 12.1 Å². The van der Waals surface area contributed by atoms with Crippen LogP contribution in [0.4, 0.5) is 0 Å². The van der Waals surface area contributed by atoms with Gasteiger partial charge in [0.1, 0.15) is 6.10 Å². The molecule has 0 aliphatic rings. The number of aliphatic carboxylic acids is 1. The van der Waals surface area contributed by atoms with Crippen molar-refractivity contribution < 1.29 is 34.8 Å². The van der Waals surface area contributed by atoms with Gasteiger partial charge >= 0.3 is 11.9 Å². The molecule has 0 aliphatic carbocycles. The topological polar surface area (TPSA) is 124 Å². The third kappa shape index (κ3) is 43.3. The van der Waals surface area contributed by atoms with Gasteiger partial charge in [0.15, 0.2) is 0 Å². The molecule has 0 amide bonds. The molecule has 0 aromatic heterocycles. The van der Waals surface area contributed by atoms with Gasteiger partial charge in [0.2, 0.25) is 0 Å². The monoisotopic (exact) mass is 506 g/mol. The van der Waals surface area contributed by atoms with Gasteiger partial charge in [-0.3, -0.25) is 9.59 Å². The average Bonchev–Trinajstić information content (AvgIpc) is 2.86. The molecule has 0 saturated heterocycles. The lowest BCUT2D eigenvalue weighted by atomic mass is 10.1. The van der Waals surface area contributed by atoms with E-state index in [0.717, 1.165) is 19.3 Å². The summed E-state index contributed by atoms with van der Waals surface area (Å²) in [5.74, 6) is -0.731. The van der Waals surface area contributed by atoms with Gasteiger partial charge in [0, 0.05) is 12.8 Å². The Bertz CT molecular complexity index is 412. The lowest BCUT2D eigenvalue weighted by Gasteiger charge is -2.01. The number of ether oxygens (including phenoxy) is 1. The maximum Gasteiger partial charge on any atom is 0.305 e. The minimum atomic E-state index is -0.954. The molecule has 0 fully saturated rings. The lowest BCUT2D eigenvalue weighted by molar-refractivity contribution is -0.141. The summed E-state index contributed by atoms with van der Waals surface area (Å²) in [4.78, 5) is 21.0. The van der Waals surface area contributed by atoms with Gasteiger partial charge < -0.3 is 25.2 Å². The fourth-order valence-corrected chi connectivity index (χ4v) is 3.33. The highest BCUT2D eigenvalue weighted by atomic mass is 16.5. The molecular formula is C28H58O7. The van der Waals surface area contributed by atoms with Gasteiger partial charge in [-0.15, -0.1) is 0 Å². The van der Waals surface area contributed by atoms with Gasteiger partial charge in [-0.1, -0.05) is 117 Å². The Morgan fingerprint density at radius 3 is 1.17 bits per heavy atom. The van der Waals surface area contributed by atoms with Gasteiger partial charge in [-0.2, -0.15) is 0 Å². The Kier molecular flexibility index (Phi) is 38.3. The van der Waals surface area contributed by atoms with Gasteiger partial charge in [0.25, 0.3) is 0 Å². The van der Waals surface area contributed by atoms with E-state index in [1.165, 1.54) is 103 Å². The molecule has 0 aromatic carbocycles. The summed E-state index contributed by atoms with van der Waals surface area (Å²) in [6.45, 7) is 3.74. The molecule has 0 aliphatic heterocycles. The lowest BCUT2D eigenvalue weighted by Crippen LogP contribution is -2.15. The Morgan fingerprint density at radius 2 is 0.914 bits per heavy atom. The molecule has 0 bridgehead atoms. The van der Waals surface area contributed by atoms with Gasteiger partial charge in [0.05, 0.1) is 20.3 Å². The highest BCUT2D eigenvalue weighted by molar-refractivity contribution is 5.69. The Balaban J connectivity index is -0.000000477. The Labute approximate surface area is 215 Å². The number of aliphatic hydroxyl groups excluding tert-OH is 3. The van der Waals surface area contributed by atoms with Crippen molar-refractivity contribution in [2.24, 2.45) is 0 Å². The average molecular weight is 507 g/mol. The highest BCUT2D eigenvalue weighted by Crippen LogP contribution is 2.11. The maximum atomic E-state index is 10.8. The Hall–Kier alpha value is -1.18. The third-order valence-electron chi connectivity index (χ3n) is 5.63. The summed E-state index contributed by atoms with van der Waals surface area (Å²) in [5.41, 5.74) is 0. The SMILES string of the molecule is CCCCCCCCCCCC(=O)O.CCCCCCCCCCCC(=O)OC.OCC(O)CO. The fraction of sp³-hybridized carbons (Fsp3) is 0.929. The van der Waals surface area contributed by atoms with Crippen molar-refractivity contribution in [3.63, 3.8) is 0 Å². The fourth-order valence-electron chi connectivity index (χ4n) is 3.33. The molecule has 35 heavy (non-hydrogen) atoms. The zero-order valence-electron chi connectivity index (χ0n) is 23.1. The van der Waals surface area contributed by atoms with E-state index in [1.54, 1.807) is 0 Å². The van der Waals surface area contributed by atoms with Crippen LogP contribution >= 0.6 is 0 Å². The van der Waals surface area contributed by atoms with Crippen molar-refractivity contribution in [2.75, 3.05) is 20.3 Å². The minimum Gasteiger partial charge on any atom is -0.481 e. The van der Waals surface area contributed by atoms with E-state index in [9.17, 15) is 9.59 Å². The van der Waals surface area contributed by atoms with Gasteiger partial charge in [-0.25, -0.2) is 0 Å². The number of rotatable bonds is 22. The zero-order chi connectivity index (χ0) is 27.0. The largest absolute Gasteiger partial charge is 0.481 e. The molecule has 212 valence electrons. The summed E-state index contributed by atoms with van der Waals surface area (Å²) in [5, 5.41) is 32.4. The number of carbonyl (C=O) groups excluding carboxylic acids is 1. The summed E-state index contributed by atoms with van der Waals surface area (Å²) in [7, 11) is 1.45. The third-order valence-corrected chi connectivity index (χ3v) is 5.63. The first kappa shape index (κ1) is 38.4. The van der Waals surface area contributed by atoms with E-state index in [-0.39, 0.29) is 19.2 Å². The van der Waals surface area contributed by atoms with E-state index >= 15 is 0 Å². The Morgan fingerprint density at radius 1 is 0.600 bits per heavy atom. The first-order chi connectivity index (χ1) is 16.9. The predicted molar refractivity (Wildman–Crippen MR) is 144 cm³/mol. The minimum absolute atomic E-state index is 0.0713. The molecule has 0 radical (unpaired) electrons. The quantitative estimate of drug-likeness (QED) is 0.0988. The van der Waals surface area contributed by atoms with Crippen molar-refractivity contribution in [1.82, 2.24) is 0 Å². The number of hydrogen-bond acceptors (Lipinski definition) is 6. The van der Waals surface area contributed by atoms with Crippen LogP contribution in [0.1, 0.15) is 142 Å². The number of methoxy groups -OCH3 is 1. The van der Waals surface area contributed by atoms with E-state index in [4.69, 9.17) is 20.4 Å². The summed E-state index contributed by atoms with van der Waals surface area (Å²) in [6, 6.07) is 0. The number of esters is 1. The van der Waals surface area contributed by atoms with Crippen LogP contribution in [0, 0.1) is 0 Å². The van der Waals surface area contributed by atoms with E-state index in [2.05, 4.69) is 18.6 Å². The summed E-state index contributed by atoms with van der Waals surface area (Å²) in [6.07, 6.45) is 22.7. The van der Waals surface area contributed by atoms with Crippen LogP contribution < -0.4 is 0 Å². The second-order valence-electron chi connectivity index (χ2n) is 9.15. The first-order valence-corrected chi connectivity index (χ1v) is 14.1. The number of carbonyl (C=O) groups is 2. The van der Waals surface area contributed by atoms with Crippen molar-refractivity contribution in [3.8, 4) is 0 Å².